The second kappa shape index (κ2) is 4.42. The van der Waals surface area contributed by atoms with E-state index in [1.54, 1.807) is 7.11 Å². The Hall–Kier alpha value is -0.730. The molecule has 0 saturated heterocycles. The molecule has 1 aromatic carbocycles. The third-order valence-corrected chi connectivity index (χ3v) is 3.06. The highest BCUT2D eigenvalue weighted by molar-refractivity contribution is 6.31. The average Bonchev–Trinajstić information content (AvgIpc) is 2.21. The van der Waals surface area contributed by atoms with Gasteiger partial charge in [-0.3, -0.25) is 0 Å². The summed E-state index contributed by atoms with van der Waals surface area (Å²) in [4.78, 5) is 0. The summed E-state index contributed by atoms with van der Waals surface area (Å²) in [5.41, 5.74) is 1.59. The van der Waals surface area contributed by atoms with Crippen LogP contribution in [0.3, 0.4) is 0 Å². The zero-order valence-electron chi connectivity index (χ0n) is 9.60. The number of benzene rings is 1. The van der Waals surface area contributed by atoms with E-state index < -0.39 is 0 Å². The van der Waals surface area contributed by atoms with Gasteiger partial charge in [0.25, 0.3) is 0 Å². The normalized spacial score (nSPS) is 11.6. The molecule has 84 valence electrons. The van der Waals surface area contributed by atoms with Crippen molar-refractivity contribution < 1.29 is 9.84 Å². The number of aliphatic hydroxyl groups is 1. The third kappa shape index (κ3) is 2.27. The monoisotopic (exact) mass is 228 g/mol. The van der Waals surface area contributed by atoms with Gasteiger partial charge in [-0.25, -0.2) is 0 Å². The van der Waals surface area contributed by atoms with E-state index in [1.165, 1.54) is 0 Å². The molecule has 0 heterocycles. The van der Waals surface area contributed by atoms with Crippen LogP contribution in [-0.4, -0.2) is 18.8 Å². The van der Waals surface area contributed by atoms with E-state index in [9.17, 15) is 5.11 Å². The van der Waals surface area contributed by atoms with Crippen LogP contribution >= 0.6 is 11.6 Å². The Bertz CT molecular complexity index is 359. The predicted octanol–water partition coefficient (Wildman–Crippen LogP) is 2.93. The van der Waals surface area contributed by atoms with Gasteiger partial charge in [0.05, 0.1) is 13.7 Å². The molecule has 0 saturated carbocycles. The second-order valence-corrected chi connectivity index (χ2v) is 4.70. The summed E-state index contributed by atoms with van der Waals surface area (Å²) in [5, 5.41) is 10.1. The van der Waals surface area contributed by atoms with Crippen molar-refractivity contribution in [2.24, 2.45) is 0 Å². The van der Waals surface area contributed by atoms with Crippen LogP contribution in [0.2, 0.25) is 5.02 Å². The Balaban J connectivity index is 3.42. The van der Waals surface area contributed by atoms with Crippen LogP contribution in [0.15, 0.2) is 12.1 Å². The van der Waals surface area contributed by atoms with Crippen LogP contribution in [-0.2, 0) is 5.41 Å². The molecule has 0 aliphatic carbocycles. The minimum atomic E-state index is -0.347. The first kappa shape index (κ1) is 12.3. The zero-order chi connectivity index (χ0) is 11.6. The third-order valence-electron chi connectivity index (χ3n) is 2.65. The van der Waals surface area contributed by atoms with E-state index in [-0.39, 0.29) is 12.0 Å². The summed E-state index contributed by atoms with van der Waals surface area (Å²) in [6.07, 6.45) is 0. The molecule has 2 nitrogen and oxygen atoms in total. The Morgan fingerprint density at radius 1 is 1.40 bits per heavy atom. The maximum atomic E-state index is 9.38. The molecular weight excluding hydrogens is 212 g/mol. The fourth-order valence-electron chi connectivity index (χ4n) is 1.75. The fourth-order valence-corrected chi connectivity index (χ4v) is 1.91. The van der Waals surface area contributed by atoms with Crippen molar-refractivity contribution in [1.82, 2.24) is 0 Å². The number of halogens is 1. The van der Waals surface area contributed by atoms with Gasteiger partial charge in [-0.1, -0.05) is 25.4 Å². The summed E-state index contributed by atoms with van der Waals surface area (Å²) < 4.78 is 5.30. The molecule has 0 aliphatic rings. The minimum Gasteiger partial charge on any atom is -0.496 e. The number of hydrogen-bond acceptors (Lipinski definition) is 2. The van der Waals surface area contributed by atoms with E-state index in [2.05, 4.69) is 0 Å². The number of methoxy groups -OCH3 is 1. The number of aliphatic hydroxyl groups excluding tert-OH is 1. The number of hydrogen-bond donors (Lipinski definition) is 1. The van der Waals surface area contributed by atoms with Gasteiger partial charge in [0.2, 0.25) is 0 Å². The SMILES string of the molecule is COc1ccc(Cl)c(C)c1C(C)(C)CO. The van der Waals surface area contributed by atoms with Crippen LogP contribution in [0.5, 0.6) is 5.75 Å². The highest BCUT2D eigenvalue weighted by atomic mass is 35.5. The zero-order valence-corrected chi connectivity index (χ0v) is 10.4. The molecule has 3 heteroatoms. The smallest absolute Gasteiger partial charge is 0.123 e. The van der Waals surface area contributed by atoms with E-state index in [1.807, 2.05) is 32.9 Å². The van der Waals surface area contributed by atoms with Crippen LogP contribution in [0.25, 0.3) is 0 Å². The van der Waals surface area contributed by atoms with Crippen molar-refractivity contribution in [2.75, 3.05) is 13.7 Å². The van der Waals surface area contributed by atoms with Crippen molar-refractivity contribution in [2.45, 2.75) is 26.2 Å². The lowest BCUT2D eigenvalue weighted by Gasteiger charge is -2.27. The van der Waals surface area contributed by atoms with E-state index in [0.717, 1.165) is 16.9 Å². The molecule has 1 N–H and O–H groups in total. The first-order valence-corrected chi connectivity index (χ1v) is 5.26. The van der Waals surface area contributed by atoms with Gasteiger partial charge in [0, 0.05) is 16.0 Å². The van der Waals surface area contributed by atoms with Crippen molar-refractivity contribution in [1.29, 1.82) is 0 Å². The summed E-state index contributed by atoms with van der Waals surface area (Å²) in [6.45, 7) is 5.94. The topological polar surface area (TPSA) is 29.5 Å². The van der Waals surface area contributed by atoms with Gasteiger partial charge in [0.15, 0.2) is 0 Å². The second-order valence-electron chi connectivity index (χ2n) is 4.29. The number of rotatable bonds is 3. The molecule has 0 spiro atoms. The van der Waals surface area contributed by atoms with Crippen molar-refractivity contribution in [3.05, 3.63) is 28.3 Å². The lowest BCUT2D eigenvalue weighted by Crippen LogP contribution is -2.24. The maximum Gasteiger partial charge on any atom is 0.123 e. The molecule has 0 fully saturated rings. The van der Waals surface area contributed by atoms with Crippen molar-refractivity contribution in [3.8, 4) is 5.75 Å². The Kier molecular flexibility index (Phi) is 3.63. The van der Waals surface area contributed by atoms with Crippen molar-refractivity contribution in [3.63, 3.8) is 0 Å². The van der Waals surface area contributed by atoms with E-state index in [4.69, 9.17) is 16.3 Å². The molecule has 0 aromatic heterocycles. The highest BCUT2D eigenvalue weighted by Gasteiger charge is 2.26. The predicted molar refractivity (Wildman–Crippen MR) is 62.9 cm³/mol. The van der Waals surface area contributed by atoms with Crippen molar-refractivity contribution >= 4 is 11.6 Å². The minimum absolute atomic E-state index is 0.0601. The standard InChI is InChI=1S/C12H17ClO2/c1-8-9(13)5-6-10(15-4)11(8)12(2,3)7-14/h5-6,14H,7H2,1-4H3. The van der Waals surface area contributed by atoms with Crippen LogP contribution in [0.4, 0.5) is 0 Å². The lowest BCUT2D eigenvalue weighted by molar-refractivity contribution is 0.214. The first-order chi connectivity index (χ1) is 6.94. The quantitative estimate of drug-likeness (QED) is 0.862. The lowest BCUT2D eigenvalue weighted by atomic mass is 9.82. The summed E-state index contributed by atoms with van der Waals surface area (Å²) in [6, 6.07) is 3.65. The molecule has 0 aliphatic heterocycles. The van der Waals surface area contributed by atoms with Gasteiger partial charge in [-0.15, -0.1) is 0 Å². The Labute approximate surface area is 95.8 Å². The van der Waals surface area contributed by atoms with E-state index in [0.29, 0.717) is 5.02 Å². The molecular formula is C12H17ClO2. The summed E-state index contributed by atoms with van der Waals surface area (Å²) in [5.74, 6) is 0.774. The Morgan fingerprint density at radius 2 is 2.00 bits per heavy atom. The van der Waals surface area contributed by atoms with Gasteiger partial charge in [-0.05, 0) is 24.6 Å². The first-order valence-electron chi connectivity index (χ1n) is 4.88. The van der Waals surface area contributed by atoms with Crippen LogP contribution < -0.4 is 4.74 Å². The maximum absolute atomic E-state index is 9.38. The highest BCUT2D eigenvalue weighted by Crippen LogP contribution is 2.37. The average molecular weight is 229 g/mol. The van der Waals surface area contributed by atoms with Gasteiger partial charge in [-0.2, -0.15) is 0 Å². The van der Waals surface area contributed by atoms with Gasteiger partial charge < -0.3 is 9.84 Å². The molecule has 0 amide bonds. The Morgan fingerprint density at radius 3 is 2.47 bits per heavy atom. The molecule has 0 atom stereocenters. The molecule has 0 radical (unpaired) electrons. The molecule has 0 unspecified atom stereocenters. The molecule has 0 bridgehead atoms. The molecule has 1 rings (SSSR count). The van der Waals surface area contributed by atoms with E-state index >= 15 is 0 Å². The largest absolute Gasteiger partial charge is 0.496 e. The summed E-state index contributed by atoms with van der Waals surface area (Å²) >= 11 is 6.07. The molecule has 1 aromatic rings. The number of ether oxygens (including phenoxy) is 1. The van der Waals surface area contributed by atoms with Gasteiger partial charge in [0.1, 0.15) is 5.75 Å². The van der Waals surface area contributed by atoms with Crippen LogP contribution in [0.1, 0.15) is 25.0 Å². The van der Waals surface area contributed by atoms with Gasteiger partial charge >= 0.3 is 0 Å². The van der Waals surface area contributed by atoms with Crippen LogP contribution in [0, 0.1) is 6.92 Å². The summed E-state index contributed by atoms with van der Waals surface area (Å²) in [7, 11) is 1.62. The fraction of sp³-hybridized carbons (Fsp3) is 0.500. The molecule has 15 heavy (non-hydrogen) atoms.